The monoisotopic (exact) mass is 290 g/mol. The lowest BCUT2D eigenvalue weighted by molar-refractivity contribution is -0.144. The fourth-order valence-corrected chi connectivity index (χ4v) is 2.88. The Morgan fingerprint density at radius 1 is 1.48 bits per heavy atom. The van der Waals surface area contributed by atoms with Crippen molar-refractivity contribution in [3.63, 3.8) is 0 Å². The molecule has 1 aromatic rings. The highest BCUT2D eigenvalue weighted by Gasteiger charge is 2.29. The largest absolute Gasteiger partial charge is 0.468 e. The van der Waals surface area contributed by atoms with Crippen LogP contribution in [0.15, 0.2) is 24.3 Å². The molecule has 1 heterocycles. The number of nitrogens with one attached hydrogen (secondary N) is 2. The topological polar surface area (TPSA) is 50.4 Å². The first-order valence-electron chi connectivity index (χ1n) is 7.79. The van der Waals surface area contributed by atoms with Crippen LogP contribution in [0.4, 0.5) is 0 Å². The Balaban J connectivity index is 2.21. The van der Waals surface area contributed by atoms with Crippen LogP contribution in [0.2, 0.25) is 0 Å². The smallest absolute Gasteiger partial charge is 0.323 e. The number of benzene rings is 1. The summed E-state index contributed by atoms with van der Waals surface area (Å²) in [5.41, 5.74) is 2.60. The summed E-state index contributed by atoms with van der Waals surface area (Å²) in [6.45, 7) is 6.03. The first-order valence-corrected chi connectivity index (χ1v) is 7.79. The second-order valence-electron chi connectivity index (χ2n) is 5.77. The Hall–Kier alpha value is -1.39. The molecular weight excluding hydrogens is 264 g/mol. The number of carbonyl (C=O) groups excluding carboxylic acids is 1. The van der Waals surface area contributed by atoms with E-state index in [1.807, 2.05) is 0 Å². The number of esters is 1. The molecule has 0 bridgehead atoms. The van der Waals surface area contributed by atoms with E-state index in [2.05, 4.69) is 48.7 Å². The van der Waals surface area contributed by atoms with E-state index in [1.165, 1.54) is 18.2 Å². The van der Waals surface area contributed by atoms with Gasteiger partial charge in [0, 0.05) is 12.6 Å². The molecule has 0 spiro atoms. The van der Waals surface area contributed by atoms with Crippen LogP contribution < -0.4 is 10.6 Å². The van der Waals surface area contributed by atoms with Gasteiger partial charge in [0.2, 0.25) is 0 Å². The normalized spacial score (nSPS) is 21.0. The Bertz CT molecular complexity index is 476. The minimum Gasteiger partial charge on any atom is -0.468 e. The molecule has 0 amide bonds. The second-order valence-corrected chi connectivity index (χ2v) is 5.77. The van der Waals surface area contributed by atoms with Crippen molar-refractivity contribution in [3.8, 4) is 0 Å². The molecule has 116 valence electrons. The Kier molecular flexibility index (Phi) is 5.76. The van der Waals surface area contributed by atoms with E-state index in [0.29, 0.717) is 0 Å². The highest BCUT2D eigenvalue weighted by molar-refractivity contribution is 5.76. The van der Waals surface area contributed by atoms with Gasteiger partial charge in [0.15, 0.2) is 0 Å². The minimum atomic E-state index is -0.254. The molecule has 21 heavy (non-hydrogen) atoms. The lowest BCUT2D eigenvalue weighted by atomic mass is 9.94. The number of ether oxygens (including phenoxy) is 1. The van der Waals surface area contributed by atoms with Crippen LogP contribution in [0.3, 0.4) is 0 Å². The van der Waals surface area contributed by atoms with E-state index in [0.717, 1.165) is 25.9 Å². The third-order valence-corrected chi connectivity index (χ3v) is 4.40. The van der Waals surface area contributed by atoms with Gasteiger partial charge in [-0.15, -0.1) is 0 Å². The molecule has 0 radical (unpaired) electrons. The van der Waals surface area contributed by atoms with Gasteiger partial charge in [0.25, 0.3) is 0 Å². The molecule has 4 nitrogen and oxygen atoms in total. The Morgan fingerprint density at radius 2 is 2.24 bits per heavy atom. The maximum atomic E-state index is 12.1. The highest BCUT2D eigenvalue weighted by atomic mass is 16.5. The van der Waals surface area contributed by atoms with Crippen molar-refractivity contribution in [1.82, 2.24) is 10.6 Å². The van der Waals surface area contributed by atoms with Crippen LogP contribution >= 0.6 is 0 Å². The van der Waals surface area contributed by atoms with Crippen molar-refractivity contribution >= 4 is 5.97 Å². The minimum absolute atomic E-state index is 0.168. The molecular formula is C17H26N2O2. The molecule has 2 rings (SSSR count). The van der Waals surface area contributed by atoms with E-state index in [4.69, 9.17) is 4.74 Å². The van der Waals surface area contributed by atoms with Gasteiger partial charge in [-0.3, -0.25) is 10.1 Å². The van der Waals surface area contributed by atoms with Crippen molar-refractivity contribution in [2.45, 2.75) is 45.3 Å². The van der Waals surface area contributed by atoms with Gasteiger partial charge in [-0.25, -0.2) is 0 Å². The summed E-state index contributed by atoms with van der Waals surface area (Å²) in [5.74, 6) is 0.0832. The molecule has 4 heteroatoms. The lowest BCUT2D eigenvalue weighted by Crippen LogP contribution is -2.44. The number of methoxy groups -OCH3 is 1. The fourth-order valence-electron chi connectivity index (χ4n) is 2.88. The van der Waals surface area contributed by atoms with E-state index >= 15 is 0 Å². The Morgan fingerprint density at radius 3 is 2.95 bits per heavy atom. The van der Waals surface area contributed by atoms with Crippen LogP contribution in [0, 0.1) is 5.92 Å². The van der Waals surface area contributed by atoms with Crippen molar-refractivity contribution in [2.24, 2.45) is 5.92 Å². The standard InChI is InChI=1S/C17H26N2O2/c1-4-12(2)16(17(20)21-3)19-15-9-10-18-11-13-7-5-6-8-14(13)15/h5-8,12,15-16,18-19H,4,9-11H2,1-3H3. The summed E-state index contributed by atoms with van der Waals surface area (Å²) in [4.78, 5) is 12.1. The van der Waals surface area contributed by atoms with Gasteiger partial charge in [-0.2, -0.15) is 0 Å². The lowest BCUT2D eigenvalue weighted by Gasteiger charge is -2.28. The van der Waals surface area contributed by atoms with Crippen LogP contribution in [-0.2, 0) is 16.1 Å². The van der Waals surface area contributed by atoms with Crippen molar-refractivity contribution < 1.29 is 9.53 Å². The van der Waals surface area contributed by atoms with Gasteiger partial charge in [0.1, 0.15) is 6.04 Å². The quantitative estimate of drug-likeness (QED) is 0.818. The van der Waals surface area contributed by atoms with Gasteiger partial charge >= 0.3 is 5.97 Å². The molecule has 0 aromatic heterocycles. The summed E-state index contributed by atoms with van der Waals surface area (Å²) in [5, 5.41) is 6.98. The molecule has 3 unspecified atom stereocenters. The Labute approximate surface area is 127 Å². The fraction of sp³-hybridized carbons (Fsp3) is 0.588. The molecule has 0 aliphatic carbocycles. The molecule has 0 saturated carbocycles. The summed E-state index contributed by atoms with van der Waals surface area (Å²) in [6.07, 6.45) is 1.92. The predicted octanol–water partition coefficient (Wildman–Crippen LogP) is 2.40. The first-order chi connectivity index (χ1) is 10.2. The van der Waals surface area contributed by atoms with Crippen LogP contribution in [0.5, 0.6) is 0 Å². The van der Waals surface area contributed by atoms with Crippen LogP contribution in [0.1, 0.15) is 43.9 Å². The summed E-state index contributed by atoms with van der Waals surface area (Å²) >= 11 is 0. The predicted molar refractivity (Wildman–Crippen MR) is 83.9 cm³/mol. The van der Waals surface area contributed by atoms with Crippen LogP contribution in [-0.4, -0.2) is 25.7 Å². The van der Waals surface area contributed by atoms with Gasteiger partial charge < -0.3 is 10.1 Å². The number of carbonyl (C=O) groups is 1. The SMILES string of the molecule is CCC(C)C(NC1CCNCc2ccccc21)C(=O)OC. The zero-order valence-corrected chi connectivity index (χ0v) is 13.2. The molecule has 3 atom stereocenters. The number of rotatable bonds is 5. The highest BCUT2D eigenvalue weighted by Crippen LogP contribution is 2.25. The zero-order valence-electron chi connectivity index (χ0n) is 13.2. The van der Waals surface area contributed by atoms with E-state index < -0.39 is 0 Å². The van der Waals surface area contributed by atoms with E-state index in [9.17, 15) is 4.79 Å². The van der Waals surface area contributed by atoms with Gasteiger partial charge in [-0.05, 0) is 30.0 Å². The average Bonchev–Trinajstić information content (AvgIpc) is 2.73. The molecule has 0 saturated heterocycles. The van der Waals surface area contributed by atoms with Crippen molar-refractivity contribution in [2.75, 3.05) is 13.7 Å². The maximum Gasteiger partial charge on any atom is 0.323 e. The zero-order chi connectivity index (χ0) is 15.2. The maximum absolute atomic E-state index is 12.1. The van der Waals surface area contributed by atoms with Crippen molar-refractivity contribution in [3.05, 3.63) is 35.4 Å². The van der Waals surface area contributed by atoms with Gasteiger partial charge in [-0.1, -0.05) is 44.5 Å². The number of fused-ring (bicyclic) bond motifs is 1. The molecule has 1 aromatic carbocycles. The van der Waals surface area contributed by atoms with Gasteiger partial charge in [0.05, 0.1) is 7.11 Å². The molecule has 2 N–H and O–H groups in total. The van der Waals surface area contributed by atoms with Crippen LogP contribution in [0.25, 0.3) is 0 Å². The third kappa shape index (κ3) is 3.83. The molecule has 1 aliphatic heterocycles. The second kappa shape index (κ2) is 7.57. The number of hydrogen-bond donors (Lipinski definition) is 2. The average molecular weight is 290 g/mol. The third-order valence-electron chi connectivity index (χ3n) is 4.40. The summed E-state index contributed by atoms with van der Waals surface area (Å²) in [7, 11) is 1.46. The first kappa shape index (κ1) is 16.0. The molecule has 0 fully saturated rings. The van der Waals surface area contributed by atoms with Crippen molar-refractivity contribution in [1.29, 1.82) is 0 Å². The van der Waals surface area contributed by atoms with E-state index in [-0.39, 0.29) is 24.0 Å². The summed E-state index contributed by atoms with van der Waals surface area (Å²) < 4.78 is 4.98. The van der Waals surface area contributed by atoms with E-state index in [1.54, 1.807) is 0 Å². The number of hydrogen-bond acceptors (Lipinski definition) is 4. The summed E-state index contributed by atoms with van der Waals surface area (Å²) in [6, 6.07) is 8.37. The molecule has 1 aliphatic rings.